The van der Waals surface area contributed by atoms with Crippen molar-refractivity contribution in [3.8, 4) is 0 Å². The molecule has 0 saturated carbocycles. The summed E-state index contributed by atoms with van der Waals surface area (Å²) in [6.07, 6.45) is 5.45. The smallest absolute Gasteiger partial charge is 0 e. The van der Waals surface area contributed by atoms with Gasteiger partial charge in [0.1, 0.15) is 0 Å². The van der Waals surface area contributed by atoms with Crippen molar-refractivity contribution in [2.75, 3.05) is 6.61 Å². The molecule has 0 aliphatic rings. The van der Waals surface area contributed by atoms with Crippen LogP contribution in [0.2, 0.25) is 0 Å². The first kappa shape index (κ1) is 43.5. The summed E-state index contributed by atoms with van der Waals surface area (Å²) in [5.74, 6) is 0.819. The van der Waals surface area contributed by atoms with Crippen molar-refractivity contribution in [2.45, 2.75) is 68.9 Å². The first-order valence-electron chi connectivity index (χ1n) is 6.68. The Morgan fingerprint density at radius 3 is 1.10 bits per heavy atom. The molecule has 2 N–H and O–H groups in total. The maximum atomic E-state index is 8.52. The normalized spacial score (nSPS) is 9.00. The fourth-order valence-electron chi connectivity index (χ4n) is 0.211. The Balaban J connectivity index is -0.0000000249. The average molecular weight is 454 g/mol. The Morgan fingerprint density at radius 2 is 1.10 bits per heavy atom. The van der Waals surface area contributed by atoms with Crippen LogP contribution in [0.5, 0.6) is 0 Å². The van der Waals surface area contributed by atoms with Gasteiger partial charge in [-0.3, -0.25) is 0 Å². The number of hydrogen-bond acceptors (Lipinski definition) is 2. The molecule has 0 aliphatic carbocycles. The Kier molecular flexibility index (Phi) is 89.5. The molecule has 0 heterocycles. The molecule has 0 spiro atoms. The molecule has 1 atom stereocenters. The summed E-state index contributed by atoms with van der Waals surface area (Å²) in [4.78, 5) is 0. The summed E-state index contributed by atoms with van der Waals surface area (Å²) in [7, 11) is 0. The molecule has 130 valence electrons. The van der Waals surface area contributed by atoms with E-state index in [1.807, 2.05) is 74.7 Å². The summed E-state index contributed by atoms with van der Waals surface area (Å²) >= 11 is 0. The van der Waals surface area contributed by atoms with Crippen LogP contribution in [0.3, 0.4) is 0 Å². The van der Waals surface area contributed by atoms with Crippen LogP contribution in [0, 0.1) is 38.0 Å². The van der Waals surface area contributed by atoms with Gasteiger partial charge >= 0.3 is 0 Å². The second kappa shape index (κ2) is 43.2. The zero-order valence-corrected chi connectivity index (χ0v) is 20.6. The molecule has 0 aliphatic heterocycles. The SMILES string of the molecule is C.CC(C)[CH-]CO.C[CH-]C.C[CH-]C.[CH2-]C(O)C(C)C.[Y].[Y]. The van der Waals surface area contributed by atoms with E-state index in [1.54, 1.807) is 0 Å². The van der Waals surface area contributed by atoms with Gasteiger partial charge in [-0.1, -0.05) is 47.8 Å². The van der Waals surface area contributed by atoms with E-state index >= 15 is 0 Å². The van der Waals surface area contributed by atoms with Crippen molar-refractivity contribution in [3.63, 3.8) is 0 Å². The van der Waals surface area contributed by atoms with Crippen LogP contribution < -0.4 is 0 Å². The van der Waals surface area contributed by atoms with Gasteiger partial charge in [-0.2, -0.15) is 33.6 Å². The summed E-state index contributed by atoms with van der Waals surface area (Å²) < 4.78 is 0. The van der Waals surface area contributed by atoms with E-state index in [-0.39, 0.29) is 79.5 Å². The van der Waals surface area contributed by atoms with Gasteiger partial charge in [0.15, 0.2) is 0 Å². The van der Waals surface area contributed by atoms with Crippen molar-refractivity contribution in [1.82, 2.24) is 0 Å². The minimum atomic E-state index is -0.398. The van der Waals surface area contributed by atoms with E-state index in [9.17, 15) is 0 Å². The van der Waals surface area contributed by atoms with E-state index in [1.165, 1.54) is 0 Å². The quantitative estimate of drug-likeness (QED) is 0.604. The molecule has 1 unspecified atom stereocenters. The summed E-state index contributed by atoms with van der Waals surface area (Å²) in [6.45, 7) is 19.5. The second-order valence-electron chi connectivity index (χ2n) is 4.63. The molecule has 0 aromatic heterocycles. The molecule has 2 radical (unpaired) electrons. The Bertz CT molecular complexity index is 101. The van der Waals surface area contributed by atoms with Crippen LogP contribution in [-0.2, 0) is 65.4 Å². The number of aliphatic hydroxyl groups is 2. The molecule has 0 aromatic carbocycles. The molecule has 21 heavy (non-hydrogen) atoms. The maximum Gasteiger partial charge on any atom is 0 e. The third-order valence-electron chi connectivity index (χ3n) is 1.35. The Labute approximate surface area is 187 Å². The van der Waals surface area contributed by atoms with E-state index in [0.29, 0.717) is 11.8 Å². The minimum Gasteiger partial charge on any atom is -0.428 e. The molecule has 2 nitrogen and oxygen atoms in total. The Morgan fingerprint density at radius 1 is 0.905 bits per heavy atom. The van der Waals surface area contributed by atoms with Crippen molar-refractivity contribution in [2.24, 2.45) is 11.8 Å². The van der Waals surface area contributed by atoms with Crippen LogP contribution in [0.1, 0.15) is 62.8 Å². The van der Waals surface area contributed by atoms with E-state index < -0.39 is 6.10 Å². The van der Waals surface area contributed by atoms with Crippen molar-refractivity contribution in [1.29, 1.82) is 0 Å². The van der Waals surface area contributed by atoms with E-state index in [0.717, 1.165) is 0 Å². The van der Waals surface area contributed by atoms with Gasteiger partial charge in [0.25, 0.3) is 0 Å². The molecule has 0 aromatic rings. The third-order valence-corrected chi connectivity index (χ3v) is 1.35. The standard InChI is InChI=1S/2C5H11O.2C3H7.CH4.2Y/c1-5(2)3-4-6;1-4(2)5(3)6;2*1-3-2;;;/h3,5-6H,4H2,1-2H3;4-6H,3H2,1-2H3;2*3H,1-2H3;1H4;;/q4*-1;;;. The van der Waals surface area contributed by atoms with Crippen LogP contribution >= 0.6 is 0 Å². The van der Waals surface area contributed by atoms with Crippen LogP contribution in [0.4, 0.5) is 0 Å². The molecule has 0 bridgehead atoms. The number of rotatable bonds is 3. The van der Waals surface area contributed by atoms with Crippen molar-refractivity contribution >= 4 is 0 Å². The van der Waals surface area contributed by atoms with Gasteiger partial charge in [-0.15, -0.1) is 0 Å². The van der Waals surface area contributed by atoms with Crippen LogP contribution in [0.25, 0.3) is 0 Å². The minimum absolute atomic E-state index is 0. The van der Waals surface area contributed by atoms with Gasteiger partial charge in [-0.25, -0.2) is 0 Å². The van der Waals surface area contributed by atoms with Crippen molar-refractivity contribution < 1.29 is 75.6 Å². The van der Waals surface area contributed by atoms with Gasteiger partial charge < -0.3 is 36.4 Å². The summed E-state index contributed by atoms with van der Waals surface area (Å²) in [6, 6.07) is 0. The number of hydrogen-bond donors (Lipinski definition) is 2. The molecule has 0 rings (SSSR count). The molecule has 4 heteroatoms. The predicted octanol–water partition coefficient (Wildman–Crippen LogP) is 4.77. The summed E-state index contributed by atoms with van der Waals surface area (Å²) in [5, 5.41) is 16.7. The second-order valence-corrected chi connectivity index (χ2v) is 4.63. The van der Waals surface area contributed by atoms with Crippen LogP contribution in [0.15, 0.2) is 0 Å². The average Bonchev–Trinajstić information content (AvgIpc) is 2.20. The summed E-state index contributed by atoms with van der Waals surface area (Å²) in [5.41, 5.74) is 0. The first-order chi connectivity index (χ1) is 8.24. The third kappa shape index (κ3) is 108. The largest absolute Gasteiger partial charge is 0.428 e. The van der Waals surface area contributed by atoms with Crippen molar-refractivity contribution in [3.05, 3.63) is 26.2 Å². The van der Waals surface area contributed by atoms with Gasteiger partial charge in [0, 0.05) is 65.4 Å². The molecular formula is C17H40O2Y2-4. The molecular weight excluding hydrogens is 414 g/mol. The zero-order chi connectivity index (χ0) is 15.6. The van der Waals surface area contributed by atoms with E-state index in [2.05, 4.69) is 6.92 Å². The van der Waals surface area contributed by atoms with E-state index in [4.69, 9.17) is 10.2 Å². The monoisotopic (exact) mass is 454 g/mol. The first-order valence-corrected chi connectivity index (χ1v) is 6.68. The Hall–Kier alpha value is 2.13. The fourth-order valence-corrected chi connectivity index (χ4v) is 0.211. The fraction of sp³-hybridized carbons (Fsp3) is 0.765. The number of aliphatic hydroxyl groups excluding tert-OH is 2. The van der Waals surface area contributed by atoms with Crippen LogP contribution in [-0.4, -0.2) is 22.9 Å². The zero-order valence-electron chi connectivity index (χ0n) is 14.9. The maximum absolute atomic E-state index is 8.52. The molecule has 0 fully saturated rings. The van der Waals surface area contributed by atoms with Gasteiger partial charge in [0.2, 0.25) is 0 Å². The van der Waals surface area contributed by atoms with Gasteiger partial charge in [-0.05, 0) is 5.92 Å². The van der Waals surface area contributed by atoms with Gasteiger partial charge in [0.05, 0.1) is 0 Å². The molecule has 0 amide bonds. The topological polar surface area (TPSA) is 40.5 Å². The molecule has 0 saturated heterocycles. The predicted molar refractivity (Wildman–Crippen MR) is 90.5 cm³/mol.